The van der Waals surface area contributed by atoms with Crippen LogP contribution in [0.3, 0.4) is 0 Å². The Morgan fingerprint density at radius 3 is 3.00 bits per heavy atom. The Morgan fingerprint density at radius 1 is 1.44 bits per heavy atom. The topological polar surface area (TPSA) is 42.3 Å². The number of benzene rings is 1. The molecule has 3 nitrogen and oxygen atoms in total. The summed E-state index contributed by atoms with van der Waals surface area (Å²) in [6.45, 7) is 2.37. The minimum Gasteiger partial charge on any atom is -0.239 e. The van der Waals surface area contributed by atoms with Crippen LogP contribution in [0.15, 0.2) is 34.6 Å². The smallest absolute Gasteiger partial charge is 0.235 e. The van der Waals surface area contributed by atoms with Crippen molar-refractivity contribution in [1.82, 2.24) is 4.98 Å². The molecule has 0 aliphatic rings. The van der Waals surface area contributed by atoms with Gasteiger partial charge in [-0.05, 0) is 12.5 Å². The van der Waals surface area contributed by atoms with Gasteiger partial charge in [0.2, 0.25) is 6.08 Å². The summed E-state index contributed by atoms with van der Waals surface area (Å²) >= 11 is 1.57. The van der Waals surface area contributed by atoms with Crippen LogP contribution >= 0.6 is 11.3 Å². The molecule has 0 aliphatic heterocycles. The number of aromatic nitrogens is 1. The summed E-state index contributed by atoms with van der Waals surface area (Å²) in [7, 11) is 0. The van der Waals surface area contributed by atoms with Gasteiger partial charge in [-0.15, -0.1) is 11.3 Å². The number of thiazole rings is 1. The molecule has 0 amide bonds. The fourth-order valence-electron chi connectivity index (χ4n) is 1.43. The zero-order valence-corrected chi connectivity index (χ0v) is 9.62. The van der Waals surface area contributed by atoms with Crippen LogP contribution < -0.4 is 0 Å². The van der Waals surface area contributed by atoms with Crippen molar-refractivity contribution in [3.05, 3.63) is 40.9 Å². The van der Waals surface area contributed by atoms with E-state index in [4.69, 9.17) is 0 Å². The van der Waals surface area contributed by atoms with Gasteiger partial charge in [0.1, 0.15) is 5.01 Å². The zero-order valence-electron chi connectivity index (χ0n) is 8.80. The standard InChI is InChI=1S/C12H10N2OS/c1-9-4-2-3-5-11(9)12-14-10(7-16-12)6-13-8-15/h2-5,7H,6H2,1H3. The Morgan fingerprint density at radius 2 is 2.25 bits per heavy atom. The number of hydrogen-bond acceptors (Lipinski definition) is 4. The Bertz CT molecular complexity index is 541. The second-order valence-corrected chi connectivity index (χ2v) is 4.22. The average molecular weight is 230 g/mol. The van der Waals surface area contributed by atoms with Gasteiger partial charge in [-0.3, -0.25) is 0 Å². The van der Waals surface area contributed by atoms with Crippen LogP contribution in [0.5, 0.6) is 0 Å². The Balaban J connectivity index is 2.31. The molecule has 2 rings (SSSR count). The third-order valence-electron chi connectivity index (χ3n) is 2.23. The van der Waals surface area contributed by atoms with Crippen LogP contribution in [-0.4, -0.2) is 11.1 Å². The predicted octanol–water partition coefficient (Wildman–Crippen LogP) is 2.95. The highest BCUT2D eigenvalue weighted by molar-refractivity contribution is 7.13. The minimum absolute atomic E-state index is 0.311. The second kappa shape index (κ2) is 4.84. The molecule has 0 spiro atoms. The van der Waals surface area contributed by atoms with Gasteiger partial charge < -0.3 is 0 Å². The zero-order chi connectivity index (χ0) is 11.4. The Labute approximate surface area is 97.5 Å². The molecule has 1 aromatic heterocycles. The fourth-order valence-corrected chi connectivity index (χ4v) is 2.33. The first-order valence-electron chi connectivity index (χ1n) is 4.85. The number of nitrogens with zero attached hydrogens (tertiary/aromatic N) is 2. The van der Waals surface area contributed by atoms with Crippen LogP contribution in [0.2, 0.25) is 0 Å². The van der Waals surface area contributed by atoms with Crippen molar-refractivity contribution < 1.29 is 4.79 Å². The van der Waals surface area contributed by atoms with Gasteiger partial charge >= 0.3 is 0 Å². The third kappa shape index (κ3) is 2.24. The van der Waals surface area contributed by atoms with E-state index in [-0.39, 0.29) is 0 Å². The normalized spacial score (nSPS) is 9.81. The monoisotopic (exact) mass is 230 g/mol. The first-order valence-corrected chi connectivity index (χ1v) is 5.73. The second-order valence-electron chi connectivity index (χ2n) is 3.37. The molecule has 0 saturated heterocycles. The van der Waals surface area contributed by atoms with Crippen molar-refractivity contribution in [1.29, 1.82) is 0 Å². The van der Waals surface area contributed by atoms with Gasteiger partial charge in [-0.1, -0.05) is 24.3 Å². The largest absolute Gasteiger partial charge is 0.239 e. The molecule has 0 saturated carbocycles. The predicted molar refractivity (Wildman–Crippen MR) is 64.1 cm³/mol. The molecular formula is C12H10N2OS. The SMILES string of the molecule is Cc1ccccc1-c1nc(CN=C=O)cs1. The quantitative estimate of drug-likeness (QED) is 0.601. The summed E-state index contributed by atoms with van der Waals surface area (Å²) in [6, 6.07) is 8.10. The highest BCUT2D eigenvalue weighted by Gasteiger charge is 2.06. The van der Waals surface area contributed by atoms with Crippen LogP contribution in [0.4, 0.5) is 0 Å². The summed E-state index contributed by atoms with van der Waals surface area (Å²) in [6.07, 6.45) is 1.52. The lowest BCUT2D eigenvalue weighted by atomic mass is 10.1. The lowest BCUT2D eigenvalue weighted by molar-refractivity contribution is 0.562. The lowest BCUT2D eigenvalue weighted by Gasteiger charge is -1.99. The molecule has 1 heterocycles. The first-order chi connectivity index (χ1) is 7.81. The van der Waals surface area contributed by atoms with E-state index in [2.05, 4.69) is 23.0 Å². The van der Waals surface area contributed by atoms with Crippen molar-refractivity contribution in [2.45, 2.75) is 13.5 Å². The molecule has 0 N–H and O–H groups in total. The van der Waals surface area contributed by atoms with Crippen molar-refractivity contribution in [3.63, 3.8) is 0 Å². The third-order valence-corrected chi connectivity index (χ3v) is 3.16. The van der Waals surface area contributed by atoms with Crippen LogP contribution in [0.1, 0.15) is 11.3 Å². The minimum atomic E-state index is 0.311. The lowest BCUT2D eigenvalue weighted by Crippen LogP contribution is -1.84. The maximum atomic E-state index is 9.99. The van der Waals surface area contributed by atoms with Gasteiger partial charge in [0.05, 0.1) is 12.2 Å². The van der Waals surface area contributed by atoms with Gasteiger partial charge in [0.15, 0.2) is 0 Å². The number of rotatable bonds is 3. The fraction of sp³-hybridized carbons (Fsp3) is 0.167. The highest BCUT2D eigenvalue weighted by atomic mass is 32.1. The van der Waals surface area contributed by atoms with E-state index >= 15 is 0 Å². The molecule has 0 aliphatic carbocycles. The molecule has 80 valence electrons. The number of carbonyl (C=O) groups excluding carboxylic acids is 1. The number of aliphatic imine (C=N–C) groups is 1. The van der Waals surface area contributed by atoms with Crippen LogP contribution in [0.25, 0.3) is 10.6 Å². The summed E-state index contributed by atoms with van der Waals surface area (Å²) < 4.78 is 0. The number of aryl methyl sites for hydroxylation is 1. The molecule has 0 radical (unpaired) electrons. The molecule has 1 aromatic carbocycles. The van der Waals surface area contributed by atoms with E-state index in [0.717, 1.165) is 16.3 Å². The molecule has 0 atom stereocenters. The molecule has 2 aromatic rings. The van der Waals surface area contributed by atoms with E-state index in [1.165, 1.54) is 11.6 Å². The van der Waals surface area contributed by atoms with E-state index < -0.39 is 0 Å². The van der Waals surface area contributed by atoms with Crippen molar-refractivity contribution in [3.8, 4) is 10.6 Å². The maximum absolute atomic E-state index is 9.99. The van der Waals surface area contributed by atoms with Crippen molar-refractivity contribution in [2.24, 2.45) is 4.99 Å². The molecule has 4 heteroatoms. The summed E-state index contributed by atoms with van der Waals surface area (Å²) in [5.74, 6) is 0. The van der Waals surface area contributed by atoms with Gasteiger partial charge in [-0.25, -0.2) is 9.78 Å². The molecule has 0 bridgehead atoms. The van der Waals surface area contributed by atoms with Crippen LogP contribution in [-0.2, 0) is 11.3 Å². The Kier molecular flexibility index (Phi) is 3.25. The molecular weight excluding hydrogens is 220 g/mol. The summed E-state index contributed by atoms with van der Waals surface area (Å²) in [5.41, 5.74) is 3.14. The Hall–Kier alpha value is -1.77. The van der Waals surface area contributed by atoms with E-state index in [1.807, 2.05) is 23.6 Å². The summed E-state index contributed by atoms with van der Waals surface area (Å²) in [4.78, 5) is 17.9. The van der Waals surface area contributed by atoms with Gasteiger partial charge in [0.25, 0.3) is 0 Å². The molecule has 16 heavy (non-hydrogen) atoms. The maximum Gasteiger partial charge on any atom is 0.235 e. The first kappa shape index (κ1) is 10.7. The molecule has 0 unspecified atom stereocenters. The van der Waals surface area contributed by atoms with E-state index in [9.17, 15) is 4.79 Å². The summed E-state index contributed by atoms with van der Waals surface area (Å²) in [5, 5.41) is 2.89. The van der Waals surface area contributed by atoms with Gasteiger partial charge in [0, 0.05) is 10.9 Å². The van der Waals surface area contributed by atoms with Crippen molar-refractivity contribution >= 4 is 17.4 Å². The van der Waals surface area contributed by atoms with E-state index in [1.54, 1.807) is 11.3 Å². The van der Waals surface area contributed by atoms with Crippen LogP contribution in [0, 0.1) is 6.92 Å². The highest BCUT2D eigenvalue weighted by Crippen LogP contribution is 2.26. The van der Waals surface area contributed by atoms with Crippen molar-refractivity contribution in [2.75, 3.05) is 0 Å². The number of isocyanates is 1. The average Bonchev–Trinajstić information content (AvgIpc) is 2.75. The number of hydrogen-bond donors (Lipinski definition) is 0. The van der Waals surface area contributed by atoms with Gasteiger partial charge in [-0.2, -0.15) is 4.99 Å². The molecule has 0 fully saturated rings. The van der Waals surface area contributed by atoms with E-state index in [0.29, 0.717) is 6.54 Å².